The Labute approximate surface area is 207 Å². The molecule has 1 saturated heterocycles. The average molecular weight is 576 g/mol. The number of nitrogens with zero attached hydrogens (tertiary/aromatic N) is 4. The van der Waals surface area contributed by atoms with Crippen LogP contribution in [-0.4, -0.2) is 104 Å². The lowest BCUT2D eigenvalue weighted by atomic mass is 10.2. The van der Waals surface area contributed by atoms with E-state index in [1.165, 1.54) is 0 Å². The zero-order chi connectivity index (χ0) is 27.3. The number of hydrogen-bond donors (Lipinski definition) is 1. The smallest absolute Gasteiger partial charge is 0.300 e. The highest BCUT2D eigenvalue weighted by Crippen LogP contribution is 2.40. The number of rotatable bonds is 13. The van der Waals surface area contributed by atoms with Gasteiger partial charge >= 0.3 is 5.69 Å². The van der Waals surface area contributed by atoms with E-state index in [4.69, 9.17) is 0 Å². The molecule has 0 saturated carbocycles. The second-order valence-corrected chi connectivity index (χ2v) is 12.7. The second kappa shape index (κ2) is 11.7. The van der Waals surface area contributed by atoms with Crippen LogP contribution in [0.2, 0.25) is 0 Å². The monoisotopic (exact) mass is 575 g/mol. The van der Waals surface area contributed by atoms with Gasteiger partial charge in [-0.2, -0.15) is 21.1 Å². The molecule has 1 aromatic carbocycles. The Bertz CT molecular complexity index is 1270. The van der Waals surface area contributed by atoms with Gasteiger partial charge in [0.05, 0.1) is 41.6 Å². The molecule has 0 spiro atoms. The number of nitro benzene ring substituents is 2. The Kier molecular flexibility index (Phi) is 9.67. The van der Waals surface area contributed by atoms with Crippen LogP contribution in [0.5, 0.6) is 0 Å². The van der Waals surface area contributed by atoms with Crippen LogP contribution in [0.4, 0.5) is 17.1 Å². The maximum absolute atomic E-state index is 13.5. The second-order valence-electron chi connectivity index (χ2n) is 7.52. The Hall–Kier alpha value is -2.49. The summed E-state index contributed by atoms with van der Waals surface area (Å²) in [5, 5.41) is 26.3. The summed E-state index contributed by atoms with van der Waals surface area (Å²) < 4.78 is 82.9. The first-order valence-corrected chi connectivity index (χ1v) is 15.2. The third kappa shape index (κ3) is 8.28. The van der Waals surface area contributed by atoms with Crippen LogP contribution in [0, 0.1) is 20.2 Å². The number of anilines is 1. The minimum atomic E-state index is -4.53. The summed E-state index contributed by atoms with van der Waals surface area (Å²) in [5.41, 5.74) is -2.42. The molecule has 0 unspecified atom stereocenters. The SMILES string of the molecule is CS(=O)(=O)OCCN(CCOS(C)(=O)=O)c1c([N+](=O)[O-])cc([N+](=O)[O-])cc1S(=O)(=O)N1CCNCC1. The molecule has 0 radical (unpaired) electrons. The number of nitrogens with one attached hydrogen (secondary N) is 1. The van der Waals surface area contributed by atoms with Crippen molar-refractivity contribution in [3.63, 3.8) is 0 Å². The average Bonchev–Trinajstić information content (AvgIpc) is 2.76. The number of sulfonamides is 1. The van der Waals surface area contributed by atoms with Crippen molar-refractivity contribution >= 4 is 47.3 Å². The van der Waals surface area contributed by atoms with Gasteiger partial charge < -0.3 is 10.2 Å². The molecule has 0 amide bonds. The fourth-order valence-corrected chi connectivity index (χ4v) is 5.74. The third-order valence-electron chi connectivity index (χ3n) is 4.77. The van der Waals surface area contributed by atoms with E-state index in [9.17, 15) is 45.5 Å². The Balaban J connectivity index is 2.72. The van der Waals surface area contributed by atoms with Gasteiger partial charge in [-0.25, -0.2) is 8.42 Å². The molecule has 1 N–H and O–H groups in total. The lowest BCUT2D eigenvalue weighted by Crippen LogP contribution is -2.46. The quantitative estimate of drug-likeness (QED) is 0.167. The van der Waals surface area contributed by atoms with Gasteiger partial charge in [-0.3, -0.25) is 28.6 Å². The van der Waals surface area contributed by atoms with Crippen LogP contribution in [0.25, 0.3) is 0 Å². The van der Waals surface area contributed by atoms with Gasteiger partial charge in [0.25, 0.3) is 25.9 Å². The number of piperazine rings is 1. The highest BCUT2D eigenvalue weighted by Gasteiger charge is 2.37. The van der Waals surface area contributed by atoms with Gasteiger partial charge in [0.2, 0.25) is 10.0 Å². The first-order valence-electron chi connectivity index (χ1n) is 10.1. The maximum Gasteiger partial charge on any atom is 0.300 e. The van der Waals surface area contributed by atoms with Crippen LogP contribution in [-0.2, 0) is 38.6 Å². The van der Waals surface area contributed by atoms with E-state index in [0.29, 0.717) is 12.1 Å². The molecule has 1 aliphatic rings. The van der Waals surface area contributed by atoms with Crippen LogP contribution < -0.4 is 10.2 Å². The molecule has 1 fully saturated rings. The van der Waals surface area contributed by atoms with E-state index in [1.807, 2.05) is 0 Å². The van der Waals surface area contributed by atoms with E-state index >= 15 is 0 Å². The summed E-state index contributed by atoms with van der Waals surface area (Å²) in [4.78, 5) is 21.6. The highest BCUT2D eigenvalue weighted by molar-refractivity contribution is 7.89. The number of hydrogen-bond acceptors (Lipinski definition) is 14. The van der Waals surface area contributed by atoms with Crippen molar-refractivity contribution in [1.82, 2.24) is 9.62 Å². The normalized spacial score (nSPS) is 15.5. The van der Waals surface area contributed by atoms with Crippen LogP contribution in [0.3, 0.4) is 0 Å². The molecule has 1 aliphatic heterocycles. The van der Waals surface area contributed by atoms with Crippen molar-refractivity contribution in [1.29, 1.82) is 0 Å². The number of nitro groups is 2. The topological polar surface area (TPSA) is 226 Å². The zero-order valence-corrected chi connectivity index (χ0v) is 21.7. The molecule has 36 heavy (non-hydrogen) atoms. The third-order valence-corrected chi connectivity index (χ3v) is 7.88. The van der Waals surface area contributed by atoms with Gasteiger partial charge in [-0.05, 0) is 0 Å². The molecule has 0 aromatic heterocycles. The predicted molar refractivity (Wildman–Crippen MR) is 125 cm³/mol. The maximum atomic E-state index is 13.5. The van der Waals surface area contributed by atoms with Crippen molar-refractivity contribution in [2.24, 2.45) is 0 Å². The molecular weight excluding hydrogens is 550 g/mol. The van der Waals surface area contributed by atoms with Crippen molar-refractivity contribution in [2.75, 3.05) is 69.9 Å². The Morgan fingerprint density at radius 3 is 1.83 bits per heavy atom. The molecule has 0 aliphatic carbocycles. The van der Waals surface area contributed by atoms with Gasteiger partial charge in [0.1, 0.15) is 10.6 Å². The molecule has 1 heterocycles. The molecule has 1 aromatic rings. The Morgan fingerprint density at radius 2 is 1.42 bits per heavy atom. The van der Waals surface area contributed by atoms with E-state index in [2.05, 4.69) is 13.7 Å². The minimum absolute atomic E-state index is 0.0212. The van der Waals surface area contributed by atoms with Gasteiger partial charge in [-0.15, -0.1) is 0 Å². The number of non-ortho nitro benzene ring substituents is 1. The molecular formula is C16H25N5O12S3. The minimum Gasteiger partial charge on any atom is -0.360 e. The summed E-state index contributed by atoms with van der Waals surface area (Å²) in [7, 11) is -12.4. The fourth-order valence-electron chi connectivity index (χ4n) is 3.29. The first kappa shape index (κ1) is 29.7. The van der Waals surface area contributed by atoms with Gasteiger partial charge in [0.15, 0.2) is 0 Å². The van der Waals surface area contributed by atoms with E-state index in [0.717, 1.165) is 21.7 Å². The lowest BCUT2D eigenvalue weighted by Gasteiger charge is -2.30. The predicted octanol–water partition coefficient (Wildman–Crippen LogP) is -1.14. The van der Waals surface area contributed by atoms with Crippen molar-refractivity contribution in [3.05, 3.63) is 32.4 Å². The summed E-state index contributed by atoms with van der Waals surface area (Å²) in [5.74, 6) is 0. The standard InChI is InChI=1S/C16H25N5O12S3/c1-34(26,27)32-9-7-18(8-10-33-35(2,28)29)16-14(21(24)25)11-13(20(22)23)12-15(16)36(30,31)19-5-3-17-4-6-19/h11-12,17H,3-10H2,1-2H3. The van der Waals surface area contributed by atoms with Crippen molar-refractivity contribution < 1.29 is 43.5 Å². The van der Waals surface area contributed by atoms with Crippen LogP contribution >= 0.6 is 0 Å². The van der Waals surface area contributed by atoms with Gasteiger partial charge in [0, 0.05) is 45.3 Å². The van der Waals surface area contributed by atoms with Crippen LogP contribution in [0.15, 0.2) is 17.0 Å². The lowest BCUT2D eigenvalue weighted by molar-refractivity contribution is -0.394. The van der Waals surface area contributed by atoms with E-state index in [-0.39, 0.29) is 26.2 Å². The highest BCUT2D eigenvalue weighted by atomic mass is 32.2. The Morgan fingerprint density at radius 1 is 0.917 bits per heavy atom. The molecule has 0 atom stereocenters. The van der Waals surface area contributed by atoms with E-state index < -0.39 is 88.4 Å². The molecule has 204 valence electrons. The van der Waals surface area contributed by atoms with E-state index in [1.54, 1.807) is 0 Å². The van der Waals surface area contributed by atoms with Gasteiger partial charge in [-0.1, -0.05) is 0 Å². The number of benzene rings is 1. The molecule has 17 nitrogen and oxygen atoms in total. The van der Waals surface area contributed by atoms with Crippen LogP contribution in [0.1, 0.15) is 0 Å². The summed E-state index contributed by atoms with van der Waals surface area (Å²) in [6, 6.07) is 1.23. The first-order chi connectivity index (χ1) is 16.5. The fraction of sp³-hybridized carbons (Fsp3) is 0.625. The summed E-state index contributed by atoms with van der Waals surface area (Å²) in [6.07, 6.45) is 1.50. The van der Waals surface area contributed by atoms with Crippen molar-refractivity contribution in [2.45, 2.75) is 4.90 Å². The molecule has 20 heteroatoms. The zero-order valence-electron chi connectivity index (χ0n) is 19.2. The summed E-state index contributed by atoms with van der Waals surface area (Å²) >= 11 is 0. The summed E-state index contributed by atoms with van der Waals surface area (Å²) in [6.45, 7) is -1.65. The largest absolute Gasteiger partial charge is 0.360 e. The van der Waals surface area contributed by atoms with Crippen molar-refractivity contribution in [3.8, 4) is 0 Å². The molecule has 0 bridgehead atoms. The molecule has 2 rings (SSSR count).